The van der Waals surface area contributed by atoms with Crippen molar-refractivity contribution in [2.45, 2.75) is 30.3 Å². The van der Waals surface area contributed by atoms with Gasteiger partial charge in [-0.3, -0.25) is 14.4 Å². The second-order valence-corrected chi connectivity index (χ2v) is 12.0. The molecular weight excluding hydrogens is 496 g/mol. The van der Waals surface area contributed by atoms with E-state index in [1.54, 1.807) is 10.6 Å². The number of nitrogens with one attached hydrogen (secondary N) is 1. The Kier molecular flexibility index (Phi) is 5.70. The molecule has 4 aromatic rings. The Morgan fingerprint density at radius 1 is 1.00 bits per heavy atom. The van der Waals surface area contributed by atoms with Gasteiger partial charge in [0.1, 0.15) is 5.69 Å². The van der Waals surface area contributed by atoms with Crippen molar-refractivity contribution < 1.29 is 8.42 Å². The molecular formula is C27H27ClN4O3S. The average molecular weight is 523 g/mol. The van der Waals surface area contributed by atoms with Crippen LogP contribution in [0.3, 0.4) is 0 Å². The number of hydrogen-bond donors (Lipinski definition) is 1. The van der Waals surface area contributed by atoms with Crippen molar-refractivity contribution in [1.29, 1.82) is 0 Å². The van der Waals surface area contributed by atoms with Gasteiger partial charge in [0.05, 0.1) is 4.90 Å². The van der Waals surface area contributed by atoms with Crippen LogP contribution in [0, 0.1) is 5.92 Å². The molecule has 0 aliphatic carbocycles. The lowest BCUT2D eigenvalue weighted by Crippen LogP contribution is -2.47. The molecule has 0 spiro atoms. The number of nitrogens with zero attached hydrogens (tertiary/aromatic N) is 3. The van der Waals surface area contributed by atoms with Gasteiger partial charge in [0.25, 0.3) is 15.6 Å². The zero-order chi connectivity index (χ0) is 25.0. The molecule has 1 N–H and O–H groups in total. The predicted molar refractivity (Wildman–Crippen MR) is 142 cm³/mol. The van der Waals surface area contributed by atoms with E-state index >= 15 is 0 Å². The van der Waals surface area contributed by atoms with Crippen molar-refractivity contribution in [2.75, 3.05) is 17.8 Å². The Bertz CT molecular complexity index is 1630. The zero-order valence-electron chi connectivity index (χ0n) is 19.9. The van der Waals surface area contributed by atoms with Gasteiger partial charge in [-0.2, -0.15) is 0 Å². The highest BCUT2D eigenvalue weighted by Gasteiger charge is 2.35. The molecule has 2 atom stereocenters. The summed E-state index contributed by atoms with van der Waals surface area (Å²) in [5.74, 6) is 0.578. The fourth-order valence-electron chi connectivity index (χ4n) is 5.86. The van der Waals surface area contributed by atoms with Gasteiger partial charge in [0.2, 0.25) is 0 Å². The van der Waals surface area contributed by atoms with E-state index in [1.165, 1.54) is 40.7 Å². The zero-order valence-corrected chi connectivity index (χ0v) is 21.5. The number of para-hydroxylation sites is 1. The quantitative estimate of drug-likeness (QED) is 0.421. The van der Waals surface area contributed by atoms with Crippen LogP contribution in [0.1, 0.15) is 23.6 Å². The van der Waals surface area contributed by atoms with Crippen LogP contribution in [0.2, 0.25) is 5.02 Å². The van der Waals surface area contributed by atoms with Crippen molar-refractivity contribution in [3.8, 4) is 0 Å². The van der Waals surface area contributed by atoms with Crippen LogP contribution in [-0.2, 0) is 30.2 Å². The average Bonchev–Trinajstić information content (AvgIpc) is 3.16. The normalized spacial score (nSPS) is 19.8. The topological polar surface area (TPSA) is 76.3 Å². The molecule has 9 heteroatoms. The van der Waals surface area contributed by atoms with E-state index in [2.05, 4.69) is 51.7 Å². The predicted octanol–water partition coefficient (Wildman–Crippen LogP) is 4.41. The van der Waals surface area contributed by atoms with Gasteiger partial charge in [-0.1, -0.05) is 29.8 Å². The summed E-state index contributed by atoms with van der Waals surface area (Å²) in [7, 11) is -1.81. The summed E-state index contributed by atoms with van der Waals surface area (Å²) in [6.45, 7) is 3.24. The maximum atomic E-state index is 13.3. The SMILES string of the molecule is Cn1cc(CN2C[C@@H]3C[C@H](C2)c2ccc(NS(=O)(=O)c4ccc(Cl)cc4)c(=O)n2C3)c2ccccc21. The largest absolute Gasteiger partial charge is 0.350 e. The molecule has 0 unspecified atom stereocenters. The minimum absolute atomic E-state index is 0.0648. The molecule has 2 bridgehead atoms. The minimum Gasteiger partial charge on any atom is -0.350 e. The molecule has 1 fully saturated rings. The van der Waals surface area contributed by atoms with Crippen LogP contribution in [0.5, 0.6) is 0 Å². The van der Waals surface area contributed by atoms with Crippen LogP contribution in [-0.4, -0.2) is 35.5 Å². The number of fused-ring (bicyclic) bond motifs is 5. The standard InChI is InChI=1S/C27H27ClN4O3S/c1-30-15-20(23-4-2-3-5-26(23)30)17-31-13-18-12-19(16-31)25-11-10-24(27(33)32(25)14-18)29-36(34,35)22-8-6-21(28)7-9-22/h2-11,15,18-19,29H,12-14,16-17H2,1H3/t18-,19+/m0/s1. The smallest absolute Gasteiger partial charge is 0.275 e. The molecule has 2 aliphatic rings. The summed E-state index contributed by atoms with van der Waals surface area (Å²) >= 11 is 5.88. The van der Waals surface area contributed by atoms with Gasteiger partial charge in [-0.15, -0.1) is 0 Å². The molecule has 2 aromatic heterocycles. The molecule has 2 aromatic carbocycles. The minimum atomic E-state index is -3.89. The molecule has 0 amide bonds. The van der Waals surface area contributed by atoms with Crippen LogP contribution in [0.15, 0.2) is 76.6 Å². The monoisotopic (exact) mass is 522 g/mol. The number of aryl methyl sites for hydroxylation is 1. The Balaban J connectivity index is 1.24. The maximum Gasteiger partial charge on any atom is 0.275 e. The van der Waals surface area contributed by atoms with Crippen molar-refractivity contribution in [1.82, 2.24) is 14.0 Å². The molecule has 2 aliphatic heterocycles. The summed E-state index contributed by atoms with van der Waals surface area (Å²) in [6, 6.07) is 17.9. The number of benzene rings is 2. The van der Waals surface area contributed by atoms with Gasteiger partial charge < -0.3 is 9.13 Å². The molecule has 1 saturated heterocycles. The molecule has 7 nitrogen and oxygen atoms in total. The summed E-state index contributed by atoms with van der Waals surface area (Å²) in [5, 5.41) is 1.73. The third-order valence-electron chi connectivity index (χ3n) is 7.42. The Labute approximate surface area is 215 Å². The van der Waals surface area contributed by atoms with Gasteiger partial charge in [-0.25, -0.2) is 8.42 Å². The molecule has 4 heterocycles. The van der Waals surface area contributed by atoms with Gasteiger partial charge >= 0.3 is 0 Å². The number of hydrogen-bond acceptors (Lipinski definition) is 4. The summed E-state index contributed by atoms with van der Waals surface area (Å²) in [5.41, 5.74) is 3.31. The third kappa shape index (κ3) is 4.13. The Morgan fingerprint density at radius 2 is 1.78 bits per heavy atom. The molecule has 0 saturated carbocycles. The van der Waals surface area contributed by atoms with E-state index in [4.69, 9.17) is 11.6 Å². The summed E-state index contributed by atoms with van der Waals surface area (Å²) in [6.07, 6.45) is 3.26. The van der Waals surface area contributed by atoms with Crippen LogP contribution in [0.4, 0.5) is 5.69 Å². The lowest BCUT2D eigenvalue weighted by Gasteiger charge is -2.43. The molecule has 0 radical (unpaired) electrons. The first-order valence-corrected chi connectivity index (χ1v) is 13.9. The number of piperidine rings is 1. The maximum absolute atomic E-state index is 13.3. The first kappa shape index (κ1) is 23.3. The fraction of sp³-hybridized carbons (Fsp3) is 0.296. The van der Waals surface area contributed by atoms with Crippen LogP contribution >= 0.6 is 11.6 Å². The first-order valence-electron chi connectivity index (χ1n) is 12.1. The highest BCUT2D eigenvalue weighted by Crippen LogP contribution is 2.36. The number of pyridine rings is 1. The first-order chi connectivity index (χ1) is 17.3. The third-order valence-corrected chi connectivity index (χ3v) is 9.05. The highest BCUT2D eigenvalue weighted by molar-refractivity contribution is 7.92. The van der Waals surface area contributed by atoms with E-state index in [1.807, 2.05) is 6.07 Å². The number of sulfonamides is 1. The highest BCUT2D eigenvalue weighted by atomic mass is 35.5. The van der Waals surface area contributed by atoms with Gasteiger partial charge in [0.15, 0.2) is 0 Å². The molecule has 186 valence electrons. The lowest BCUT2D eigenvalue weighted by atomic mass is 9.83. The van der Waals surface area contributed by atoms with E-state index in [-0.39, 0.29) is 22.1 Å². The number of aromatic nitrogens is 2. The van der Waals surface area contributed by atoms with Crippen LogP contribution in [0.25, 0.3) is 10.9 Å². The van der Waals surface area contributed by atoms with Gasteiger partial charge in [0, 0.05) is 67.0 Å². The van der Waals surface area contributed by atoms with Crippen molar-refractivity contribution in [2.24, 2.45) is 13.0 Å². The number of likely N-dealkylation sites (tertiary alicyclic amines) is 1. The Morgan fingerprint density at radius 3 is 2.58 bits per heavy atom. The number of rotatable bonds is 5. The fourth-order valence-corrected chi connectivity index (χ4v) is 7.04. The molecule has 6 rings (SSSR count). The molecule has 36 heavy (non-hydrogen) atoms. The summed E-state index contributed by atoms with van der Waals surface area (Å²) in [4.78, 5) is 15.9. The van der Waals surface area contributed by atoms with Crippen molar-refractivity contribution in [3.63, 3.8) is 0 Å². The second kappa shape index (κ2) is 8.80. The van der Waals surface area contributed by atoms with Gasteiger partial charge in [-0.05, 0) is 60.4 Å². The van der Waals surface area contributed by atoms with Crippen molar-refractivity contribution in [3.05, 3.63) is 93.5 Å². The Hall–Kier alpha value is -3.07. The number of halogens is 1. The van der Waals surface area contributed by atoms with Crippen molar-refractivity contribution >= 4 is 38.2 Å². The van der Waals surface area contributed by atoms with E-state index in [0.717, 1.165) is 31.7 Å². The lowest BCUT2D eigenvalue weighted by molar-refractivity contribution is 0.115. The number of anilines is 1. The van der Waals surface area contributed by atoms with E-state index in [9.17, 15) is 13.2 Å². The summed E-state index contributed by atoms with van der Waals surface area (Å²) < 4.78 is 32.1. The second-order valence-electron chi connectivity index (χ2n) is 9.92. The van der Waals surface area contributed by atoms with Crippen LogP contribution < -0.4 is 10.3 Å². The van der Waals surface area contributed by atoms with E-state index in [0.29, 0.717) is 17.5 Å². The van der Waals surface area contributed by atoms with E-state index < -0.39 is 10.0 Å².